The Kier molecular flexibility index (Phi) is 7.06. The molecule has 0 saturated heterocycles. The molecule has 182 valence electrons. The fourth-order valence-corrected chi connectivity index (χ4v) is 5.49. The highest BCUT2D eigenvalue weighted by molar-refractivity contribution is 7.89. The minimum absolute atomic E-state index is 0.114. The fourth-order valence-electron chi connectivity index (χ4n) is 3.52. The fraction of sp³-hybridized carbons (Fsp3) is 0.200. The van der Waals surface area contributed by atoms with E-state index >= 15 is 0 Å². The van der Waals surface area contributed by atoms with Crippen LogP contribution in [0.1, 0.15) is 15.9 Å². The van der Waals surface area contributed by atoms with Gasteiger partial charge < -0.3 is 9.47 Å². The molecule has 8 nitrogen and oxygen atoms in total. The summed E-state index contributed by atoms with van der Waals surface area (Å²) in [4.78, 5) is 20.1. The third kappa shape index (κ3) is 4.86. The largest absolute Gasteiger partial charge is 0.495 e. The first-order chi connectivity index (χ1) is 16.8. The van der Waals surface area contributed by atoms with E-state index in [9.17, 15) is 13.2 Å². The summed E-state index contributed by atoms with van der Waals surface area (Å²) in [6, 6.07) is 19.1. The molecule has 1 amide bonds. The van der Waals surface area contributed by atoms with Gasteiger partial charge >= 0.3 is 0 Å². The van der Waals surface area contributed by atoms with Gasteiger partial charge in [-0.05, 0) is 42.0 Å². The van der Waals surface area contributed by atoms with Crippen LogP contribution in [-0.2, 0) is 16.6 Å². The normalized spacial score (nSPS) is 11.6. The number of amides is 1. The van der Waals surface area contributed by atoms with Crippen LogP contribution in [0.4, 0.5) is 5.13 Å². The molecular weight excluding hydrogens is 486 g/mol. The number of nitrogens with zero attached hydrogens (tertiary/aromatic N) is 3. The first kappa shape index (κ1) is 24.6. The number of fused-ring (bicyclic) bond motifs is 1. The highest BCUT2D eigenvalue weighted by atomic mass is 32.2. The van der Waals surface area contributed by atoms with Gasteiger partial charge in [-0.3, -0.25) is 9.69 Å². The molecule has 10 heteroatoms. The van der Waals surface area contributed by atoms with E-state index in [2.05, 4.69) is 0 Å². The van der Waals surface area contributed by atoms with Crippen molar-refractivity contribution in [2.75, 3.05) is 33.2 Å². The second-order valence-corrected chi connectivity index (χ2v) is 11.0. The van der Waals surface area contributed by atoms with Crippen molar-refractivity contribution >= 4 is 42.6 Å². The Morgan fingerprint density at radius 3 is 2.14 bits per heavy atom. The minimum Gasteiger partial charge on any atom is -0.495 e. The third-order valence-corrected chi connectivity index (χ3v) is 8.36. The van der Waals surface area contributed by atoms with Crippen molar-refractivity contribution in [3.8, 4) is 11.5 Å². The van der Waals surface area contributed by atoms with E-state index in [0.29, 0.717) is 27.7 Å². The van der Waals surface area contributed by atoms with Gasteiger partial charge in [0.1, 0.15) is 21.7 Å². The standard InChI is InChI=1S/C25H25N3O5S2/c1-27(2)35(30,31)19-12-10-18(11-13-19)24(29)28(16-17-8-6-5-7-9-17)25-26-22-20(32-3)14-15-21(33-4)23(22)34-25/h5-15H,16H2,1-4H3. The van der Waals surface area contributed by atoms with Crippen molar-refractivity contribution < 1.29 is 22.7 Å². The monoisotopic (exact) mass is 511 g/mol. The third-order valence-electron chi connectivity index (χ3n) is 5.44. The Morgan fingerprint density at radius 1 is 0.914 bits per heavy atom. The van der Waals surface area contributed by atoms with Crippen molar-refractivity contribution in [2.24, 2.45) is 0 Å². The van der Waals surface area contributed by atoms with Crippen LogP contribution < -0.4 is 14.4 Å². The van der Waals surface area contributed by atoms with Gasteiger partial charge in [0, 0.05) is 19.7 Å². The Labute approximate surface area is 208 Å². The summed E-state index contributed by atoms with van der Waals surface area (Å²) >= 11 is 1.33. The van der Waals surface area contributed by atoms with E-state index in [1.54, 1.807) is 31.3 Å². The molecule has 1 aromatic heterocycles. The van der Waals surface area contributed by atoms with Gasteiger partial charge in [0.2, 0.25) is 10.0 Å². The molecule has 4 rings (SSSR count). The molecule has 0 aliphatic carbocycles. The summed E-state index contributed by atoms with van der Waals surface area (Å²) in [5.74, 6) is 0.906. The zero-order valence-corrected chi connectivity index (χ0v) is 21.4. The number of thiazole rings is 1. The van der Waals surface area contributed by atoms with E-state index in [4.69, 9.17) is 14.5 Å². The maximum Gasteiger partial charge on any atom is 0.260 e. The lowest BCUT2D eigenvalue weighted by atomic mass is 10.1. The molecule has 0 bridgehead atoms. The lowest BCUT2D eigenvalue weighted by Gasteiger charge is -2.20. The van der Waals surface area contributed by atoms with Gasteiger partial charge in [0.25, 0.3) is 5.91 Å². The number of hydrogen-bond donors (Lipinski definition) is 0. The van der Waals surface area contributed by atoms with E-state index in [0.717, 1.165) is 14.6 Å². The number of methoxy groups -OCH3 is 2. The number of hydrogen-bond acceptors (Lipinski definition) is 7. The number of benzene rings is 3. The van der Waals surface area contributed by atoms with Crippen LogP contribution in [0.15, 0.2) is 71.6 Å². The molecule has 0 fully saturated rings. The topological polar surface area (TPSA) is 89.0 Å². The Bertz CT molecular complexity index is 1410. The summed E-state index contributed by atoms with van der Waals surface area (Å²) in [5, 5.41) is 0.474. The van der Waals surface area contributed by atoms with Gasteiger partial charge in [-0.1, -0.05) is 41.7 Å². The smallest absolute Gasteiger partial charge is 0.260 e. The van der Waals surface area contributed by atoms with Crippen LogP contribution >= 0.6 is 11.3 Å². The van der Waals surface area contributed by atoms with Crippen molar-refractivity contribution in [1.82, 2.24) is 9.29 Å². The van der Waals surface area contributed by atoms with Crippen LogP contribution in [0.25, 0.3) is 10.2 Å². The van der Waals surface area contributed by atoms with Crippen LogP contribution in [-0.4, -0.2) is 51.9 Å². The first-order valence-electron chi connectivity index (χ1n) is 10.7. The van der Waals surface area contributed by atoms with Crippen LogP contribution in [0.2, 0.25) is 0 Å². The lowest BCUT2D eigenvalue weighted by molar-refractivity contribution is 0.0985. The molecule has 0 aliphatic rings. The van der Waals surface area contributed by atoms with E-state index in [1.165, 1.54) is 49.7 Å². The number of anilines is 1. The zero-order valence-electron chi connectivity index (χ0n) is 19.8. The Balaban J connectivity index is 1.79. The molecule has 1 heterocycles. The van der Waals surface area contributed by atoms with E-state index in [1.807, 2.05) is 30.3 Å². The highest BCUT2D eigenvalue weighted by Crippen LogP contribution is 2.40. The second-order valence-electron chi connectivity index (χ2n) is 7.83. The number of ether oxygens (including phenoxy) is 2. The molecular formula is C25H25N3O5S2. The molecule has 35 heavy (non-hydrogen) atoms. The second kappa shape index (κ2) is 10.0. The van der Waals surface area contributed by atoms with Gasteiger partial charge in [0.15, 0.2) is 5.13 Å². The average molecular weight is 512 g/mol. The Hall–Kier alpha value is -3.47. The number of sulfonamides is 1. The van der Waals surface area contributed by atoms with Gasteiger partial charge in [0.05, 0.1) is 25.7 Å². The van der Waals surface area contributed by atoms with Crippen molar-refractivity contribution in [1.29, 1.82) is 0 Å². The molecule has 3 aromatic carbocycles. The molecule has 0 atom stereocenters. The predicted molar refractivity (Wildman–Crippen MR) is 137 cm³/mol. The Morgan fingerprint density at radius 2 is 1.54 bits per heavy atom. The number of rotatable bonds is 8. The SMILES string of the molecule is COc1ccc(OC)c2sc(N(Cc3ccccc3)C(=O)c3ccc(S(=O)(=O)N(C)C)cc3)nc12. The average Bonchev–Trinajstić information content (AvgIpc) is 3.32. The van der Waals surface area contributed by atoms with Gasteiger partial charge in [-0.15, -0.1) is 0 Å². The summed E-state index contributed by atoms with van der Waals surface area (Å²) in [5.41, 5.74) is 1.87. The van der Waals surface area contributed by atoms with Crippen LogP contribution in [0.3, 0.4) is 0 Å². The first-order valence-corrected chi connectivity index (χ1v) is 12.9. The highest BCUT2D eigenvalue weighted by Gasteiger charge is 2.25. The number of carbonyl (C=O) groups is 1. The van der Waals surface area contributed by atoms with E-state index < -0.39 is 10.0 Å². The minimum atomic E-state index is -3.60. The summed E-state index contributed by atoms with van der Waals surface area (Å²) in [6.07, 6.45) is 0. The summed E-state index contributed by atoms with van der Waals surface area (Å²) in [7, 11) is 2.47. The molecule has 0 N–H and O–H groups in total. The molecule has 0 saturated carbocycles. The van der Waals surface area contributed by atoms with Gasteiger partial charge in [-0.25, -0.2) is 17.7 Å². The summed E-state index contributed by atoms with van der Waals surface area (Å²) < 4.78 is 37.7. The maximum absolute atomic E-state index is 13.7. The molecule has 0 unspecified atom stereocenters. The van der Waals surface area contributed by atoms with Crippen molar-refractivity contribution in [3.63, 3.8) is 0 Å². The van der Waals surface area contributed by atoms with Gasteiger partial charge in [-0.2, -0.15) is 0 Å². The molecule has 4 aromatic rings. The molecule has 0 radical (unpaired) electrons. The molecule has 0 aliphatic heterocycles. The van der Waals surface area contributed by atoms with Crippen molar-refractivity contribution in [2.45, 2.75) is 11.4 Å². The lowest BCUT2D eigenvalue weighted by Crippen LogP contribution is -2.30. The quantitative estimate of drug-likeness (QED) is 0.348. The zero-order chi connectivity index (χ0) is 25.2. The predicted octanol–water partition coefficient (Wildman–Crippen LogP) is 4.41. The van der Waals surface area contributed by atoms with E-state index in [-0.39, 0.29) is 17.3 Å². The number of carbonyl (C=O) groups excluding carboxylic acids is 1. The van der Waals surface area contributed by atoms with Crippen molar-refractivity contribution in [3.05, 3.63) is 77.9 Å². The number of aromatic nitrogens is 1. The van der Waals surface area contributed by atoms with Crippen LogP contribution in [0, 0.1) is 0 Å². The molecule has 0 spiro atoms. The summed E-state index contributed by atoms with van der Waals surface area (Å²) in [6.45, 7) is 0.280. The maximum atomic E-state index is 13.7. The van der Waals surface area contributed by atoms with Crippen LogP contribution in [0.5, 0.6) is 11.5 Å².